The maximum Gasteiger partial charge on any atom is 0.346 e. The Morgan fingerprint density at radius 3 is 1.95 bits per heavy atom. The fourth-order valence-electron chi connectivity index (χ4n) is 2.41. The highest BCUT2D eigenvalue weighted by Crippen LogP contribution is 2.39. The van der Waals surface area contributed by atoms with Crippen molar-refractivity contribution in [3.8, 4) is 0 Å². The third-order valence-electron chi connectivity index (χ3n) is 3.49. The number of esters is 3. The molecular weight excluding hydrogens is 290 g/mol. The summed E-state index contributed by atoms with van der Waals surface area (Å²) in [6.07, 6.45) is 0. The minimum Gasteiger partial charge on any atom is -0.468 e. The van der Waals surface area contributed by atoms with E-state index in [9.17, 15) is 14.4 Å². The first-order valence-corrected chi connectivity index (χ1v) is 6.42. The third-order valence-corrected chi connectivity index (χ3v) is 3.49. The summed E-state index contributed by atoms with van der Waals surface area (Å²) in [5, 5.41) is 0. The number of methoxy groups -OCH3 is 3. The molecule has 0 radical (unpaired) electrons. The second-order valence-corrected chi connectivity index (χ2v) is 4.57. The molecule has 7 nitrogen and oxygen atoms in total. The largest absolute Gasteiger partial charge is 0.468 e. The number of nitrogens with zero attached hydrogens (tertiary/aromatic N) is 1. The van der Waals surface area contributed by atoms with E-state index in [1.165, 1.54) is 7.11 Å². The third kappa shape index (κ3) is 2.14. The van der Waals surface area contributed by atoms with Crippen LogP contribution in [0.25, 0.3) is 0 Å². The lowest BCUT2D eigenvalue weighted by Gasteiger charge is -2.39. The highest BCUT2D eigenvalue weighted by Gasteiger charge is 2.66. The van der Waals surface area contributed by atoms with Crippen molar-refractivity contribution in [3.05, 3.63) is 35.9 Å². The van der Waals surface area contributed by atoms with E-state index in [0.717, 1.165) is 14.2 Å². The Balaban J connectivity index is 2.58. The van der Waals surface area contributed by atoms with Gasteiger partial charge >= 0.3 is 17.9 Å². The molecule has 0 aromatic heterocycles. The van der Waals surface area contributed by atoms with E-state index in [2.05, 4.69) is 14.5 Å². The summed E-state index contributed by atoms with van der Waals surface area (Å²) >= 11 is 0. The average Bonchev–Trinajstić information content (AvgIpc) is 2.54. The van der Waals surface area contributed by atoms with E-state index < -0.39 is 29.4 Å². The first-order chi connectivity index (χ1) is 10.5. The monoisotopic (exact) mass is 305 g/mol. The fourth-order valence-corrected chi connectivity index (χ4v) is 2.41. The molecule has 0 aliphatic carbocycles. The van der Waals surface area contributed by atoms with E-state index in [1.807, 2.05) is 0 Å². The topological polar surface area (TPSA) is 91.3 Å². The molecule has 2 rings (SSSR count). The van der Waals surface area contributed by atoms with E-state index in [4.69, 9.17) is 4.74 Å². The smallest absolute Gasteiger partial charge is 0.346 e. The number of hydrogen-bond acceptors (Lipinski definition) is 7. The zero-order valence-electron chi connectivity index (χ0n) is 12.4. The van der Waals surface area contributed by atoms with Crippen molar-refractivity contribution in [2.45, 2.75) is 5.54 Å². The molecule has 1 aromatic carbocycles. The summed E-state index contributed by atoms with van der Waals surface area (Å²) in [5.41, 5.74) is -1.16. The van der Waals surface area contributed by atoms with Gasteiger partial charge in [-0.1, -0.05) is 30.3 Å². The van der Waals surface area contributed by atoms with Crippen molar-refractivity contribution >= 4 is 23.6 Å². The van der Waals surface area contributed by atoms with Crippen LogP contribution in [0.15, 0.2) is 35.3 Å². The molecule has 0 saturated heterocycles. The SMILES string of the molecule is COC(=O)[C@@H]1C(c2ccccc2)=NC1(C(=O)OC)C(=O)OC. The quantitative estimate of drug-likeness (QED) is 0.453. The lowest BCUT2D eigenvalue weighted by molar-refractivity contribution is -0.170. The Labute approximate surface area is 126 Å². The number of rotatable bonds is 4. The van der Waals surface area contributed by atoms with Crippen LogP contribution in [-0.2, 0) is 28.6 Å². The average molecular weight is 305 g/mol. The van der Waals surface area contributed by atoms with Crippen LogP contribution >= 0.6 is 0 Å². The number of carbonyl (C=O) groups excluding carboxylic acids is 3. The van der Waals surface area contributed by atoms with Gasteiger partial charge in [-0.25, -0.2) is 9.59 Å². The molecule has 1 heterocycles. The van der Waals surface area contributed by atoms with Gasteiger partial charge in [0.1, 0.15) is 5.92 Å². The van der Waals surface area contributed by atoms with E-state index in [0.29, 0.717) is 5.56 Å². The maximum atomic E-state index is 12.1. The lowest BCUT2D eigenvalue weighted by atomic mass is 9.72. The predicted octanol–water partition coefficient (Wildman–Crippen LogP) is 0.363. The molecule has 1 aromatic rings. The Kier molecular flexibility index (Phi) is 4.25. The summed E-state index contributed by atoms with van der Waals surface area (Å²) in [4.78, 5) is 40.4. The van der Waals surface area contributed by atoms with Crippen LogP contribution in [0.4, 0.5) is 0 Å². The molecule has 0 amide bonds. The molecule has 0 unspecified atom stereocenters. The number of benzene rings is 1. The van der Waals surface area contributed by atoms with Crippen LogP contribution in [0, 0.1) is 5.92 Å². The Morgan fingerprint density at radius 2 is 1.50 bits per heavy atom. The number of carbonyl (C=O) groups is 3. The first-order valence-electron chi connectivity index (χ1n) is 6.42. The second-order valence-electron chi connectivity index (χ2n) is 4.57. The molecule has 1 aliphatic rings. The molecule has 116 valence electrons. The number of hydrogen-bond donors (Lipinski definition) is 0. The minimum absolute atomic E-state index is 0.281. The highest BCUT2D eigenvalue weighted by molar-refractivity contribution is 6.28. The molecule has 0 N–H and O–H groups in total. The normalized spacial score (nSPS) is 18.5. The van der Waals surface area contributed by atoms with Crippen LogP contribution in [0.3, 0.4) is 0 Å². The standard InChI is InChI=1S/C15H15NO6/c1-20-12(17)10-11(9-7-5-4-6-8-9)16-15(10,13(18)21-2)14(19)22-3/h4-8,10H,1-3H3/t10-/m0/s1. The van der Waals surface area contributed by atoms with E-state index in [1.54, 1.807) is 30.3 Å². The molecule has 0 fully saturated rings. The van der Waals surface area contributed by atoms with Crippen molar-refractivity contribution < 1.29 is 28.6 Å². The van der Waals surface area contributed by atoms with Crippen LogP contribution in [0.2, 0.25) is 0 Å². The van der Waals surface area contributed by atoms with Gasteiger partial charge in [0.15, 0.2) is 0 Å². The Hall–Kier alpha value is -2.70. The summed E-state index contributed by atoms with van der Waals surface area (Å²) in [5.74, 6) is -3.90. The molecule has 1 aliphatic heterocycles. The lowest BCUT2D eigenvalue weighted by Crippen LogP contribution is -2.64. The van der Waals surface area contributed by atoms with Crippen LogP contribution in [0.5, 0.6) is 0 Å². The van der Waals surface area contributed by atoms with Gasteiger partial charge in [-0.2, -0.15) is 0 Å². The summed E-state index contributed by atoms with van der Waals surface area (Å²) < 4.78 is 14.0. The van der Waals surface area contributed by atoms with E-state index in [-0.39, 0.29) is 5.71 Å². The van der Waals surface area contributed by atoms with Crippen molar-refractivity contribution in [1.29, 1.82) is 0 Å². The zero-order valence-corrected chi connectivity index (χ0v) is 12.4. The van der Waals surface area contributed by atoms with Crippen molar-refractivity contribution in [2.24, 2.45) is 10.9 Å². The predicted molar refractivity (Wildman–Crippen MR) is 75.2 cm³/mol. The van der Waals surface area contributed by atoms with Gasteiger partial charge in [-0.3, -0.25) is 9.79 Å². The fraction of sp³-hybridized carbons (Fsp3) is 0.333. The molecule has 7 heteroatoms. The first kappa shape index (κ1) is 15.7. The molecular formula is C15H15NO6. The van der Waals surface area contributed by atoms with Crippen LogP contribution in [-0.4, -0.2) is 50.5 Å². The molecule has 1 atom stereocenters. The van der Waals surface area contributed by atoms with E-state index >= 15 is 0 Å². The molecule has 0 bridgehead atoms. The van der Waals surface area contributed by atoms with Crippen molar-refractivity contribution in [3.63, 3.8) is 0 Å². The van der Waals surface area contributed by atoms with Gasteiger partial charge < -0.3 is 14.2 Å². The van der Waals surface area contributed by atoms with Gasteiger partial charge in [-0.15, -0.1) is 0 Å². The van der Waals surface area contributed by atoms with Gasteiger partial charge in [0.25, 0.3) is 5.54 Å². The molecule has 22 heavy (non-hydrogen) atoms. The Morgan fingerprint density at radius 1 is 0.955 bits per heavy atom. The van der Waals surface area contributed by atoms with Gasteiger partial charge in [0.05, 0.1) is 27.0 Å². The minimum atomic E-state index is -2.05. The van der Waals surface area contributed by atoms with Crippen LogP contribution < -0.4 is 0 Å². The van der Waals surface area contributed by atoms with Gasteiger partial charge in [0.2, 0.25) is 0 Å². The molecule has 0 spiro atoms. The number of ether oxygens (including phenoxy) is 3. The van der Waals surface area contributed by atoms with Crippen molar-refractivity contribution in [1.82, 2.24) is 0 Å². The zero-order chi connectivity index (χ0) is 16.3. The van der Waals surface area contributed by atoms with Gasteiger partial charge in [-0.05, 0) is 5.56 Å². The summed E-state index contributed by atoms with van der Waals surface area (Å²) in [6.45, 7) is 0. The van der Waals surface area contributed by atoms with Crippen LogP contribution in [0.1, 0.15) is 5.56 Å². The summed E-state index contributed by atoms with van der Waals surface area (Å²) in [6, 6.07) is 8.73. The highest BCUT2D eigenvalue weighted by atomic mass is 16.6. The second kappa shape index (κ2) is 5.97. The van der Waals surface area contributed by atoms with Gasteiger partial charge in [0, 0.05) is 0 Å². The van der Waals surface area contributed by atoms with Crippen molar-refractivity contribution in [2.75, 3.05) is 21.3 Å². The summed E-state index contributed by atoms with van der Waals surface area (Å²) in [7, 11) is 3.39. The molecule has 0 saturated carbocycles. The maximum absolute atomic E-state index is 12.1. The number of aliphatic imine (C=N–C) groups is 1. The Bertz CT molecular complexity index is 621.